The molecule has 0 saturated heterocycles. The first-order valence-corrected chi connectivity index (χ1v) is 6.32. The van der Waals surface area contributed by atoms with Crippen LogP contribution < -0.4 is 10.6 Å². The summed E-state index contributed by atoms with van der Waals surface area (Å²) in [5.41, 5.74) is 3.27. The fourth-order valence-electron chi connectivity index (χ4n) is 2.77. The molecular weight excluding hydrogens is 228 g/mol. The fourth-order valence-corrected chi connectivity index (χ4v) is 2.77. The van der Waals surface area contributed by atoms with Gasteiger partial charge in [0, 0.05) is 5.70 Å². The standard InChI is InChI=1S/C14H16N2O2/c17-10-5-3-4-9(8-10)13-11-6-1-2-7-12(11)15-14(18)16-13/h3-5,8,13,17H,1-2,6-7H2,(H2,15,16,18). The number of urea groups is 1. The first-order chi connectivity index (χ1) is 8.74. The van der Waals surface area contributed by atoms with Crippen LogP contribution >= 0.6 is 0 Å². The van der Waals surface area contributed by atoms with E-state index in [4.69, 9.17) is 0 Å². The molecule has 18 heavy (non-hydrogen) atoms. The van der Waals surface area contributed by atoms with Gasteiger partial charge in [-0.2, -0.15) is 0 Å². The molecule has 94 valence electrons. The minimum atomic E-state index is -0.149. The number of nitrogens with one attached hydrogen (secondary N) is 2. The van der Waals surface area contributed by atoms with Crippen LogP contribution in [0.5, 0.6) is 5.75 Å². The van der Waals surface area contributed by atoms with Crippen LogP contribution in [0.4, 0.5) is 4.79 Å². The van der Waals surface area contributed by atoms with E-state index >= 15 is 0 Å². The average molecular weight is 244 g/mol. The monoisotopic (exact) mass is 244 g/mol. The van der Waals surface area contributed by atoms with Gasteiger partial charge in [0.1, 0.15) is 5.75 Å². The smallest absolute Gasteiger partial charge is 0.319 e. The quantitative estimate of drug-likeness (QED) is 0.711. The number of rotatable bonds is 1. The van der Waals surface area contributed by atoms with E-state index in [0.717, 1.165) is 36.9 Å². The molecule has 1 unspecified atom stereocenters. The maximum absolute atomic E-state index is 11.7. The Morgan fingerprint density at radius 1 is 1.22 bits per heavy atom. The van der Waals surface area contributed by atoms with Gasteiger partial charge in [-0.05, 0) is 49.0 Å². The molecule has 2 aliphatic rings. The lowest BCUT2D eigenvalue weighted by Crippen LogP contribution is -2.44. The van der Waals surface area contributed by atoms with Crippen LogP contribution in [0.2, 0.25) is 0 Å². The Labute approximate surface area is 106 Å². The molecule has 1 aromatic rings. The van der Waals surface area contributed by atoms with Crippen molar-refractivity contribution in [1.82, 2.24) is 10.6 Å². The van der Waals surface area contributed by atoms with Crippen molar-refractivity contribution in [2.75, 3.05) is 0 Å². The second-order valence-corrected chi connectivity index (χ2v) is 4.84. The van der Waals surface area contributed by atoms with Crippen LogP contribution in [0.15, 0.2) is 35.5 Å². The Morgan fingerprint density at radius 3 is 2.89 bits per heavy atom. The van der Waals surface area contributed by atoms with Crippen molar-refractivity contribution >= 4 is 6.03 Å². The second-order valence-electron chi connectivity index (χ2n) is 4.84. The molecule has 4 nitrogen and oxygen atoms in total. The zero-order chi connectivity index (χ0) is 12.5. The van der Waals surface area contributed by atoms with Crippen LogP contribution in [-0.4, -0.2) is 11.1 Å². The third kappa shape index (κ3) is 1.94. The van der Waals surface area contributed by atoms with Gasteiger partial charge in [-0.1, -0.05) is 12.1 Å². The minimum Gasteiger partial charge on any atom is -0.508 e. The van der Waals surface area contributed by atoms with E-state index in [9.17, 15) is 9.90 Å². The summed E-state index contributed by atoms with van der Waals surface area (Å²) < 4.78 is 0. The van der Waals surface area contributed by atoms with Crippen LogP contribution in [0.3, 0.4) is 0 Å². The molecular formula is C14H16N2O2. The highest BCUT2D eigenvalue weighted by Crippen LogP contribution is 2.35. The van der Waals surface area contributed by atoms with E-state index in [1.165, 1.54) is 5.57 Å². The molecule has 2 amide bonds. The van der Waals surface area contributed by atoms with Gasteiger partial charge in [0.25, 0.3) is 0 Å². The third-order valence-corrected chi connectivity index (χ3v) is 3.60. The summed E-state index contributed by atoms with van der Waals surface area (Å²) in [6.07, 6.45) is 4.23. The maximum Gasteiger partial charge on any atom is 0.319 e. The lowest BCUT2D eigenvalue weighted by molar-refractivity contribution is 0.236. The van der Waals surface area contributed by atoms with Crippen molar-refractivity contribution in [2.24, 2.45) is 0 Å². The Hall–Kier alpha value is -1.97. The molecule has 3 rings (SSSR count). The SMILES string of the molecule is O=C1NC2=C(CCCC2)C(c2cccc(O)c2)N1. The van der Waals surface area contributed by atoms with Gasteiger partial charge in [-0.25, -0.2) is 4.79 Å². The van der Waals surface area contributed by atoms with Gasteiger partial charge in [-0.15, -0.1) is 0 Å². The molecule has 1 aliphatic carbocycles. The highest BCUT2D eigenvalue weighted by Gasteiger charge is 2.29. The second kappa shape index (κ2) is 4.37. The largest absolute Gasteiger partial charge is 0.508 e. The molecule has 0 aromatic heterocycles. The predicted molar refractivity (Wildman–Crippen MR) is 68.0 cm³/mol. The number of aromatic hydroxyl groups is 1. The first kappa shape index (κ1) is 11.1. The third-order valence-electron chi connectivity index (χ3n) is 3.60. The number of hydrogen-bond donors (Lipinski definition) is 3. The summed E-state index contributed by atoms with van der Waals surface area (Å²) >= 11 is 0. The topological polar surface area (TPSA) is 61.4 Å². The van der Waals surface area contributed by atoms with Crippen molar-refractivity contribution < 1.29 is 9.90 Å². The number of hydrogen-bond acceptors (Lipinski definition) is 2. The van der Waals surface area contributed by atoms with Crippen molar-refractivity contribution in [3.63, 3.8) is 0 Å². The zero-order valence-electron chi connectivity index (χ0n) is 10.1. The molecule has 0 saturated carbocycles. The highest BCUT2D eigenvalue weighted by atomic mass is 16.3. The van der Waals surface area contributed by atoms with E-state index in [0.29, 0.717) is 0 Å². The number of carbonyl (C=O) groups excluding carboxylic acids is 1. The predicted octanol–water partition coefficient (Wildman–Crippen LogP) is 2.57. The Bertz CT molecular complexity index is 522. The van der Waals surface area contributed by atoms with E-state index in [2.05, 4.69) is 10.6 Å². The van der Waals surface area contributed by atoms with Crippen molar-refractivity contribution in [2.45, 2.75) is 31.7 Å². The summed E-state index contributed by atoms with van der Waals surface area (Å²) in [5.74, 6) is 0.234. The molecule has 4 heteroatoms. The lowest BCUT2D eigenvalue weighted by Gasteiger charge is -2.33. The zero-order valence-corrected chi connectivity index (χ0v) is 10.1. The van der Waals surface area contributed by atoms with Crippen LogP contribution in [0, 0.1) is 0 Å². The summed E-state index contributed by atoms with van der Waals surface area (Å²) in [7, 11) is 0. The van der Waals surface area contributed by atoms with Crippen LogP contribution in [0.25, 0.3) is 0 Å². The first-order valence-electron chi connectivity index (χ1n) is 6.32. The normalized spacial score (nSPS) is 23.1. The number of phenols is 1. The van der Waals surface area contributed by atoms with Crippen molar-refractivity contribution in [1.29, 1.82) is 0 Å². The van der Waals surface area contributed by atoms with Crippen LogP contribution in [-0.2, 0) is 0 Å². The summed E-state index contributed by atoms with van der Waals surface area (Å²) in [6, 6.07) is 6.86. The average Bonchev–Trinajstić information content (AvgIpc) is 2.37. The van der Waals surface area contributed by atoms with Gasteiger partial charge in [0.15, 0.2) is 0 Å². The van der Waals surface area contributed by atoms with Crippen molar-refractivity contribution in [3.8, 4) is 5.75 Å². The van der Waals surface area contributed by atoms with Crippen LogP contribution in [0.1, 0.15) is 37.3 Å². The molecule has 1 heterocycles. The molecule has 0 bridgehead atoms. The van der Waals surface area contributed by atoms with Gasteiger partial charge in [-0.3, -0.25) is 0 Å². The lowest BCUT2D eigenvalue weighted by atomic mass is 9.86. The van der Waals surface area contributed by atoms with Crippen molar-refractivity contribution in [3.05, 3.63) is 41.1 Å². The summed E-state index contributed by atoms with van der Waals surface area (Å²) in [6.45, 7) is 0. The fraction of sp³-hybridized carbons (Fsp3) is 0.357. The molecule has 0 radical (unpaired) electrons. The number of carbonyl (C=O) groups is 1. The number of allylic oxidation sites excluding steroid dienone is 1. The molecule has 1 aliphatic heterocycles. The van der Waals surface area contributed by atoms with Gasteiger partial charge < -0.3 is 15.7 Å². The van der Waals surface area contributed by atoms with E-state index in [1.807, 2.05) is 12.1 Å². The highest BCUT2D eigenvalue weighted by molar-refractivity contribution is 5.79. The summed E-state index contributed by atoms with van der Waals surface area (Å²) in [5, 5.41) is 15.4. The minimum absolute atomic E-state index is 0.0962. The van der Waals surface area contributed by atoms with Gasteiger partial charge in [0.05, 0.1) is 6.04 Å². The van der Waals surface area contributed by atoms with E-state index in [1.54, 1.807) is 12.1 Å². The molecule has 1 atom stereocenters. The maximum atomic E-state index is 11.7. The molecule has 1 aromatic carbocycles. The van der Waals surface area contributed by atoms with E-state index in [-0.39, 0.29) is 17.8 Å². The Morgan fingerprint density at radius 2 is 2.06 bits per heavy atom. The van der Waals surface area contributed by atoms with E-state index < -0.39 is 0 Å². The number of benzene rings is 1. The molecule has 0 fully saturated rings. The number of amides is 2. The molecule has 3 N–H and O–H groups in total. The van der Waals surface area contributed by atoms with Gasteiger partial charge in [0.2, 0.25) is 0 Å². The number of phenolic OH excluding ortho intramolecular Hbond substituents is 1. The van der Waals surface area contributed by atoms with Gasteiger partial charge >= 0.3 is 6.03 Å². The Kier molecular flexibility index (Phi) is 2.70. The molecule has 0 spiro atoms. The Balaban J connectivity index is 2.01. The summed E-state index contributed by atoms with van der Waals surface area (Å²) in [4.78, 5) is 11.7.